The summed E-state index contributed by atoms with van der Waals surface area (Å²) in [6.07, 6.45) is 0. The molecule has 1 aromatic carbocycles. The molecular formula is C14H21NO3S. The summed E-state index contributed by atoms with van der Waals surface area (Å²) >= 11 is 0. The fourth-order valence-electron chi connectivity index (χ4n) is 1.53. The van der Waals surface area contributed by atoms with Crippen LogP contribution in [0.15, 0.2) is 23.1 Å². The molecule has 0 spiro atoms. The Kier molecular flexibility index (Phi) is 5.11. The van der Waals surface area contributed by atoms with Crippen molar-refractivity contribution >= 4 is 15.7 Å². The molecule has 0 saturated heterocycles. The van der Waals surface area contributed by atoms with Gasteiger partial charge in [-0.05, 0) is 43.0 Å². The number of hydrogen-bond acceptors (Lipinski definition) is 3. The van der Waals surface area contributed by atoms with Crippen molar-refractivity contribution in [2.75, 3.05) is 12.3 Å². The second-order valence-corrected chi connectivity index (χ2v) is 7.19. The molecule has 0 saturated carbocycles. The van der Waals surface area contributed by atoms with E-state index in [9.17, 15) is 13.2 Å². The maximum atomic E-state index is 12.1. The van der Waals surface area contributed by atoms with Gasteiger partial charge in [0.2, 0.25) is 5.91 Å². The average Bonchev–Trinajstić information content (AvgIpc) is 2.29. The standard InChI is InChI=1S/C14H21NO3S/c1-10(2)8-15-14(16)9-19(17,18)13-6-5-11(3)12(4)7-13/h5-7,10H,8-9H2,1-4H3,(H,15,16). The van der Waals surface area contributed by atoms with Crippen molar-refractivity contribution in [1.29, 1.82) is 0 Å². The van der Waals surface area contributed by atoms with Crippen LogP contribution in [0.3, 0.4) is 0 Å². The molecule has 0 aromatic heterocycles. The summed E-state index contributed by atoms with van der Waals surface area (Å²) in [6, 6.07) is 4.92. The fraction of sp³-hybridized carbons (Fsp3) is 0.500. The van der Waals surface area contributed by atoms with Crippen LogP contribution in [0.4, 0.5) is 0 Å². The Hall–Kier alpha value is -1.36. The van der Waals surface area contributed by atoms with Gasteiger partial charge in [-0.1, -0.05) is 19.9 Å². The molecule has 4 nitrogen and oxygen atoms in total. The molecule has 0 fully saturated rings. The fourth-order valence-corrected chi connectivity index (χ4v) is 2.78. The average molecular weight is 283 g/mol. The molecule has 0 bridgehead atoms. The monoisotopic (exact) mass is 283 g/mol. The quantitative estimate of drug-likeness (QED) is 0.897. The van der Waals surface area contributed by atoms with Gasteiger partial charge in [0.15, 0.2) is 9.84 Å². The van der Waals surface area contributed by atoms with Crippen molar-refractivity contribution < 1.29 is 13.2 Å². The Balaban J connectivity index is 2.81. The Bertz CT molecular complexity index is 562. The molecular weight excluding hydrogens is 262 g/mol. The second-order valence-electron chi connectivity index (χ2n) is 5.20. The predicted octanol–water partition coefficient (Wildman–Crippen LogP) is 1.85. The molecule has 0 heterocycles. The Labute approximate surface area is 115 Å². The van der Waals surface area contributed by atoms with E-state index in [1.807, 2.05) is 27.7 Å². The first-order valence-electron chi connectivity index (χ1n) is 6.29. The third-order valence-corrected chi connectivity index (χ3v) is 4.48. The molecule has 5 heteroatoms. The predicted molar refractivity (Wildman–Crippen MR) is 75.8 cm³/mol. The summed E-state index contributed by atoms with van der Waals surface area (Å²) in [5.74, 6) is -0.650. The second kappa shape index (κ2) is 6.19. The first-order valence-corrected chi connectivity index (χ1v) is 7.94. The van der Waals surface area contributed by atoms with Gasteiger partial charge < -0.3 is 5.32 Å². The molecule has 0 aliphatic carbocycles. The van der Waals surface area contributed by atoms with Gasteiger partial charge in [0, 0.05) is 6.54 Å². The van der Waals surface area contributed by atoms with E-state index >= 15 is 0 Å². The van der Waals surface area contributed by atoms with Crippen molar-refractivity contribution in [1.82, 2.24) is 5.32 Å². The Morgan fingerprint density at radius 2 is 1.84 bits per heavy atom. The van der Waals surface area contributed by atoms with E-state index < -0.39 is 21.5 Å². The van der Waals surface area contributed by atoms with Crippen LogP contribution in [0.2, 0.25) is 0 Å². The Morgan fingerprint density at radius 3 is 2.37 bits per heavy atom. The first-order chi connectivity index (χ1) is 8.72. The van der Waals surface area contributed by atoms with Gasteiger partial charge in [0.05, 0.1) is 4.90 Å². The molecule has 1 rings (SSSR count). The lowest BCUT2D eigenvalue weighted by atomic mass is 10.1. The van der Waals surface area contributed by atoms with Gasteiger partial charge in [0.25, 0.3) is 0 Å². The van der Waals surface area contributed by atoms with Gasteiger partial charge in [-0.2, -0.15) is 0 Å². The summed E-state index contributed by atoms with van der Waals surface area (Å²) < 4.78 is 24.2. The van der Waals surface area contributed by atoms with Crippen LogP contribution >= 0.6 is 0 Å². The van der Waals surface area contributed by atoms with Crippen molar-refractivity contribution in [3.05, 3.63) is 29.3 Å². The molecule has 106 valence electrons. The maximum Gasteiger partial charge on any atom is 0.235 e. The summed E-state index contributed by atoms with van der Waals surface area (Å²) in [7, 11) is -3.56. The van der Waals surface area contributed by atoms with E-state index in [1.165, 1.54) is 0 Å². The van der Waals surface area contributed by atoms with Crippen molar-refractivity contribution in [2.24, 2.45) is 5.92 Å². The number of amides is 1. The van der Waals surface area contributed by atoms with Crippen LogP contribution in [0.25, 0.3) is 0 Å². The van der Waals surface area contributed by atoms with E-state index in [4.69, 9.17) is 0 Å². The highest BCUT2D eigenvalue weighted by molar-refractivity contribution is 7.92. The van der Waals surface area contributed by atoms with E-state index in [1.54, 1.807) is 18.2 Å². The van der Waals surface area contributed by atoms with Crippen LogP contribution in [0.5, 0.6) is 0 Å². The lowest BCUT2D eigenvalue weighted by Gasteiger charge is -2.09. The number of sulfone groups is 1. The highest BCUT2D eigenvalue weighted by Gasteiger charge is 2.19. The highest BCUT2D eigenvalue weighted by Crippen LogP contribution is 2.16. The summed E-state index contributed by atoms with van der Waals surface area (Å²) in [4.78, 5) is 11.8. The molecule has 0 unspecified atom stereocenters. The van der Waals surface area contributed by atoms with Gasteiger partial charge in [-0.15, -0.1) is 0 Å². The van der Waals surface area contributed by atoms with Gasteiger partial charge in [-0.3, -0.25) is 4.79 Å². The zero-order valence-corrected chi connectivity index (χ0v) is 12.7. The van der Waals surface area contributed by atoms with E-state index in [2.05, 4.69) is 5.32 Å². The van der Waals surface area contributed by atoms with Crippen LogP contribution in [-0.2, 0) is 14.6 Å². The van der Waals surface area contributed by atoms with Crippen LogP contribution in [0, 0.1) is 19.8 Å². The van der Waals surface area contributed by atoms with E-state index in [0.717, 1.165) is 11.1 Å². The molecule has 1 aromatic rings. The highest BCUT2D eigenvalue weighted by atomic mass is 32.2. The number of benzene rings is 1. The molecule has 1 N–H and O–H groups in total. The normalized spacial score (nSPS) is 11.6. The number of aryl methyl sites for hydroxylation is 2. The number of carbonyl (C=O) groups is 1. The zero-order chi connectivity index (χ0) is 14.6. The number of carbonyl (C=O) groups excluding carboxylic acids is 1. The van der Waals surface area contributed by atoms with Crippen molar-refractivity contribution in [3.63, 3.8) is 0 Å². The third-order valence-electron chi connectivity index (χ3n) is 2.87. The molecule has 0 radical (unpaired) electrons. The number of hydrogen-bond donors (Lipinski definition) is 1. The topological polar surface area (TPSA) is 63.2 Å². The lowest BCUT2D eigenvalue weighted by molar-refractivity contribution is -0.118. The smallest absolute Gasteiger partial charge is 0.235 e. The minimum atomic E-state index is -3.56. The summed E-state index contributed by atoms with van der Waals surface area (Å²) in [5, 5.41) is 2.62. The first kappa shape index (κ1) is 15.7. The zero-order valence-electron chi connectivity index (χ0n) is 11.9. The van der Waals surface area contributed by atoms with Crippen LogP contribution in [0.1, 0.15) is 25.0 Å². The van der Waals surface area contributed by atoms with E-state index in [0.29, 0.717) is 12.5 Å². The van der Waals surface area contributed by atoms with E-state index in [-0.39, 0.29) is 4.90 Å². The molecule has 0 aliphatic heterocycles. The number of rotatable bonds is 5. The largest absolute Gasteiger partial charge is 0.355 e. The van der Waals surface area contributed by atoms with Gasteiger partial charge in [0.1, 0.15) is 5.75 Å². The minimum absolute atomic E-state index is 0.204. The van der Waals surface area contributed by atoms with Gasteiger partial charge >= 0.3 is 0 Å². The molecule has 1 amide bonds. The summed E-state index contributed by atoms with van der Waals surface area (Å²) in [5.41, 5.74) is 1.94. The lowest BCUT2D eigenvalue weighted by Crippen LogP contribution is -2.32. The molecule has 0 aliphatic rings. The van der Waals surface area contributed by atoms with Crippen LogP contribution < -0.4 is 5.32 Å². The minimum Gasteiger partial charge on any atom is -0.355 e. The maximum absolute atomic E-state index is 12.1. The van der Waals surface area contributed by atoms with Gasteiger partial charge in [-0.25, -0.2) is 8.42 Å². The summed E-state index contributed by atoms with van der Waals surface area (Å²) in [6.45, 7) is 8.17. The molecule has 19 heavy (non-hydrogen) atoms. The SMILES string of the molecule is Cc1ccc(S(=O)(=O)CC(=O)NCC(C)C)cc1C. The number of nitrogens with one attached hydrogen (secondary N) is 1. The third kappa shape index (κ3) is 4.67. The van der Waals surface area contributed by atoms with Crippen LogP contribution in [-0.4, -0.2) is 26.6 Å². The van der Waals surface area contributed by atoms with Crippen molar-refractivity contribution in [3.8, 4) is 0 Å². The van der Waals surface area contributed by atoms with Crippen molar-refractivity contribution in [2.45, 2.75) is 32.6 Å². The molecule has 0 atom stereocenters. The Morgan fingerprint density at radius 1 is 1.21 bits per heavy atom.